The second kappa shape index (κ2) is 6.10. The van der Waals surface area contributed by atoms with Crippen molar-refractivity contribution in [2.75, 3.05) is 0 Å². The van der Waals surface area contributed by atoms with Crippen LogP contribution in [0.4, 0.5) is 0 Å². The Balaban J connectivity index is 2.26. The molecule has 0 aliphatic carbocycles. The quantitative estimate of drug-likeness (QED) is 0.865. The summed E-state index contributed by atoms with van der Waals surface area (Å²) in [7, 11) is -3.90. The Hall–Kier alpha value is -1.48. The highest BCUT2D eigenvalue weighted by Crippen LogP contribution is 2.23. The van der Waals surface area contributed by atoms with E-state index in [2.05, 4.69) is 9.71 Å². The number of aromatic nitrogens is 1. The molecule has 0 saturated heterocycles. The number of rotatable bonds is 5. The molecule has 6 nitrogen and oxygen atoms in total. The minimum absolute atomic E-state index is 0.0343. The van der Waals surface area contributed by atoms with Gasteiger partial charge in [-0.3, -0.25) is 0 Å². The van der Waals surface area contributed by atoms with Gasteiger partial charge in [0.25, 0.3) is 0 Å². The number of carboxylic acid groups (broad SMARTS) is 1. The Morgan fingerprint density at radius 1 is 1.48 bits per heavy atom. The van der Waals surface area contributed by atoms with Gasteiger partial charge in [-0.25, -0.2) is 22.9 Å². The molecule has 1 aromatic heterocycles. The number of hydrogen-bond donors (Lipinski definition) is 2. The summed E-state index contributed by atoms with van der Waals surface area (Å²) in [5.74, 6) is -1.22. The zero-order valence-electron chi connectivity index (χ0n) is 10.8. The molecule has 1 aromatic carbocycles. The minimum atomic E-state index is -3.90. The van der Waals surface area contributed by atoms with Crippen LogP contribution in [-0.2, 0) is 16.6 Å². The molecule has 0 aliphatic heterocycles. The van der Waals surface area contributed by atoms with Crippen LogP contribution < -0.4 is 4.72 Å². The summed E-state index contributed by atoms with van der Waals surface area (Å²) in [6.07, 6.45) is 1.58. The number of benzene rings is 1. The van der Waals surface area contributed by atoms with E-state index in [0.29, 0.717) is 0 Å². The number of aromatic carboxylic acids is 1. The summed E-state index contributed by atoms with van der Waals surface area (Å²) in [5.41, 5.74) is -0.145. The Morgan fingerprint density at radius 3 is 2.76 bits per heavy atom. The summed E-state index contributed by atoms with van der Waals surface area (Å²) in [6, 6.07) is 3.53. The molecule has 0 fully saturated rings. The third-order valence-electron chi connectivity index (χ3n) is 2.57. The van der Waals surface area contributed by atoms with Gasteiger partial charge >= 0.3 is 5.97 Å². The van der Waals surface area contributed by atoms with Crippen molar-refractivity contribution in [1.29, 1.82) is 0 Å². The third kappa shape index (κ3) is 3.79. The summed E-state index contributed by atoms with van der Waals surface area (Å²) in [5, 5.41) is 9.71. The number of carbonyl (C=O) groups is 1. The summed E-state index contributed by atoms with van der Waals surface area (Å²) < 4.78 is 26.8. The second-order valence-corrected chi connectivity index (χ2v) is 7.58. The topological polar surface area (TPSA) is 96.4 Å². The Bertz CT molecular complexity index is 786. The Morgan fingerprint density at radius 2 is 2.19 bits per heavy atom. The predicted octanol–water partition coefficient (Wildman–Crippen LogP) is 2.28. The number of aryl methyl sites for hydroxylation is 1. The number of thiazole rings is 1. The van der Waals surface area contributed by atoms with Crippen LogP contribution in [0.2, 0.25) is 5.02 Å². The van der Waals surface area contributed by atoms with Crippen molar-refractivity contribution < 1.29 is 18.3 Å². The van der Waals surface area contributed by atoms with Gasteiger partial charge in [0, 0.05) is 17.6 Å². The standard InChI is InChI=1S/C12H11ClN2O4S2/c1-7-14-5-9(20-7)6-15-21(18,19)11-4-8(12(16)17)2-3-10(11)13/h2-5,15H,6H2,1H3,(H,16,17). The van der Waals surface area contributed by atoms with Crippen LogP contribution in [0.5, 0.6) is 0 Å². The molecule has 0 spiro atoms. The molecule has 0 unspecified atom stereocenters. The van der Waals surface area contributed by atoms with Crippen molar-refractivity contribution in [2.24, 2.45) is 0 Å². The van der Waals surface area contributed by atoms with E-state index in [9.17, 15) is 13.2 Å². The van der Waals surface area contributed by atoms with Crippen LogP contribution >= 0.6 is 22.9 Å². The van der Waals surface area contributed by atoms with Gasteiger partial charge in [0.05, 0.1) is 15.6 Å². The molecule has 0 amide bonds. The van der Waals surface area contributed by atoms with E-state index in [1.807, 2.05) is 6.92 Å². The lowest BCUT2D eigenvalue weighted by Crippen LogP contribution is -2.23. The van der Waals surface area contributed by atoms with Crippen molar-refractivity contribution in [3.05, 3.63) is 44.9 Å². The fourth-order valence-corrected chi connectivity index (χ4v) is 3.93. The van der Waals surface area contributed by atoms with E-state index in [1.165, 1.54) is 23.5 Å². The van der Waals surface area contributed by atoms with Crippen LogP contribution in [-0.4, -0.2) is 24.5 Å². The number of halogens is 1. The molecular weight excluding hydrogens is 336 g/mol. The second-order valence-electron chi connectivity index (χ2n) is 4.12. The average molecular weight is 347 g/mol. The van der Waals surface area contributed by atoms with Crippen molar-refractivity contribution in [3.8, 4) is 0 Å². The smallest absolute Gasteiger partial charge is 0.335 e. The maximum absolute atomic E-state index is 12.2. The van der Waals surface area contributed by atoms with Crippen LogP contribution in [0.15, 0.2) is 29.3 Å². The molecule has 0 radical (unpaired) electrons. The van der Waals surface area contributed by atoms with Crippen molar-refractivity contribution in [2.45, 2.75) is 18.4 Å². The van der Waals surface area contributed by atoms with Gasteiger partial charge in [-0.15, -0.1) is 11.3 Å². The van der Waals surface area contributed by atoms with Crippen molar-refractivity contribution in [3.63, 3.8) is 0 Å². The number of nitrogens with zero attached hydrogens (tertiary/aromatic N) is 1. The lowest BCUT2D eigenvalue weighted by molar-refractivity contribution is 0.0696. The SMILES string of the molecule is Cc1ncc(CNS(=O)(=O)c2cc(C(=O)O)ccc2Cl)s1. The number of nitrogens with one attached hydrogen (secondary N) is 1. The fraction of sp³-hybridized carbons (Fsp3) is 0.167. The molecule has 112 valence electrons. The Labute approximate surface area is 130 Å². The molecule has 2 N–H and O–H groups in total. The first-order chi connectivity index (χ1) is 9.79. The van der Waals surface area contributed by atoms with Gasteiger partial charge in [-0.05, 0) is 25.1 Å². The lowest BCUT2D eigenvalue weighted by atomic mass is 10.2. The maximum Gasteiger partial charge on any atom is 0.335 e. The van der Waals surface area contributed by atoms with E-state index in [4.69, 9.17) is 16.7 Å². The zero-order chi connectivity index (χ0) is 15.6. The number of sulfonamides is 1. The highest BCUT2D eigenvalue weighted by atomic mass is 35.5. The van der Waals surface area contributed by atoms with E-state index >= 15 is 0 Å². The van der Waals surface area contributed by atoms with Crippen LogP contribution in [0.25, 0.3) is 0 Å². The Kier molecular flexibility index (Phi) is 4.62. The molecule has 0 aliphatic rings. The maximum atomic E-state index is 12.2. The monoisotopic (exact) mass is 346 g/mol. The van der Waals surface area contributed by atoms with Crippen molar-refractivity contribution >= 4 is 38.9 Å². The van der Waals surface area contributed by atoms with E-state index in [-0.39, 0.29) is 22.0 Å². The lowest BCUT2D eigenvalue weighted by Gasteiger charge is -2.08. The highest BCUT2D eigenvalue weighted by molar-refractivity contribution is 7.89. The van der Waals surface area contributed by atoms with Gasteiger partial charge in [0.15, 0.2) is 0 Å². The van der Waals surface area contributed by atoms with Crippen LogP contribution in [0, 0.1) is 6.92 Å². The highest BCUT2D eigenvalue weighted by Gasteiger charge is 2.20. The minimum Gasteiger partial charge on any atom is -0.478 e. The normalized spacial score (nSPS) is 11.5. The molecule has 9 heteroatoms. The van der Waals surface area contributed by atoms with E-state index < -0.39 is 16.0 Å². The number of hydrogen-bond acceptors (Lipinski definition) is 5. The van der Waals surface area contributed by atoms with Crippen LogP contribution in [0.1, 0.15) is 20.2 Å². The molecule has 0 atom stereocenters. The molecule has 0 bridgehead atoms. The largest absolute Gasteiger partial charge is 0.478 e. The van der Waals surface area contributed by atoms with Gasteiger partial charge in [0.2, 0.25) is 10.0 Å². The number of carboxylic acids is 1. The van der Waals surface area contributed by atoms with Gasteiger partial charge in [0.1, 0.15) is 4.90 Å². The van der Waals surface area contributed by atoms with Gasteiger partial charge in [-0.1, -0.05) is 11.6 Å². The first-order valence-corrected chi connectivity index (χ1v) is 8.41. The van der Waals surface area contributed by atoms with E-state index in [1.54, 1.807) is 6.20 Å². The van der Waals surface area contributed by atoms with Gasteiger partial charge in [-0.2, -0.15) is 0 Å². The molecule has 1 heterocycles. The first kappa shape index (κ1) is 15.9. The molecule has 0 saturated carbocycles. The summed E-state index contributed by atoms with van der Waals surface area (Å²) in [6.45, 7) is 1.89. The fourth-order valence-electron chi connectivity index (χ4n) is 1.57. The molecule has 21 heavy (non-hydrogen) atoms. The van der Waals surface area contributed by atoms with Gasteiger partial charge < -0.3 is 5.11 Å². The van der Waals surface area contributed by atoms with E-state index in [0.717, 1.165) is 16.0 Å². The third-order valence-corrected chi connectivity index (χ3v) is 5.37. The summed E-state index contributed by atoms with van der Waals surface area (Å²) >= 11 is 7.22. The molecule has 2 aromatic rings. The van der Waals surface area contributed by atoms with Crippen LogP contribution in [0.3, 0.4) is 0 Å². The molecule has 2 rings (SSSR count). The average Bonchev–Trinajstić information content (AvgIpc) is 2.82. The zero-order valence-corrected chi connectivity index (χ0v) is 13.2. The predicted molar refractivity (Wildman–Crippen MR) is 79.3 cm³/mol. The van der Waals surface area contributed by atoms with Crippen molar-refractivity contribution in [1.82, 2.24) is 9.71 Å². The summed E-state index contributed by atoms with van der Waals surface area (Å²) in [4.78, 5) is 15.4. The molecular formula is C12H11ClN2O4S2. The first-order valence-electron chi connectivity index (χ1n) is 5.73.